The van der Waals surface area contributed by atoms with E-state index in [1.807, 2.05) is 31.2 Å². The summed E-state index contributed by atoms with van der Waals surface area (Å²) in [7, 11) is 1.78. The summed E-state index contributed by atoms with van der Waals surface area (Å²) in [6, 6.07) is 12.2. The molecule has 2 nitrogen and oxygen atoms in total. The highest BCUT2D eigenvalue weighted by molar-refractivity contribution is 5.99. The second-order valence-electron chi connectivity index (χ2n) is 3.67. The molecular weight excluding hydrogens is 186 g/mol. The molecule has 2 aromatic rings. The number of aryl methyl sites for hydroxylation is 1. The summed E-state index contributed by atoms with van der Waals surface area (Å²) in [5.41, 5.74) is 2.10. The van der Waals surface area contributed by atoms with Gasteiger partial charge in [-0.1, -0.05) is 36.4 Å². The van der Waals surface area contributed by atoms with Gasteiger partial charge in [-0.25, -0.2) is 0 Å². The molecule has 1 amide bonds. The smallest absolute Gasteiger partial charge is 0.213 e. The normalized spacial score (nSPS) is 10.3. The van der Waals surface area contributed by atoms with Crippen LogP contribution in [0.4, 0.5) is 5.69 Å². The summed E-state index contributed by atoms with van der Waals surface area (Å²) in [6.45, 7) is 2.02. The van der Waals surface area contributed by atoms with Gasteiger partial charge in [0.15, 0.2) is 0 Å². The van der Waals surface area contributed by atoms with Crippen molar-refractivity contribution >= 4 is 22.9 Å². The van der Waals surface area contributed by atoms with Crippen LogP contribution in [0.3, 0.4) is 0 Å². The van der Waals surface area contributed by atoms with Crippen LogP contribution in [0.2, 0.25) is 0 Å². The fourth-order valence-corrected chi connectivity index (χ4v) is 1.88. The third-order valence-electron chi connectivity index (χ3n) is 2.61. The lowest BCUT2D eigenvalue weighted by atomic mass is 10.0. The summed E-state index contributed by atoms with van der Waals surface area (Å²) >= 11 is 0. The molecule has 2 heteroatoms. The minimum atomic E-state index is 0.842. The number of rotatable bonds is 2. The standard InChI is InChI=1S/C13H13NO/c1-10-7-8-11-5-3-4-6-12(11)13(10)14(2)9-15/h3-9H,1-2H3. The fourth-order valence-electron chi connectivity index (χ4n) is 1.88. The second-order valence-corrected chi connectivity index (χ2v) is 3.67. The van der Waals surface area contributed by atoms with Gasteiger partial charge in [-0.2, -0.15) is 0 Å². The summed E-state index contributed by atoms with van der Waals surface area (Å²) in [6.07, 6.45) is 0.842. The summed E-state index contributed by atoms with van der Waals surface area (Å²) in [4.78, 5) is 12.4. The van der Waals surface area contributed by atoms with E-state index in [0.29, 0.717) is 0 Å². The fraction of sp³-hybridized carbons (Fsp3) is 0.154. The van der Waals surface area contributed by atoms with E-state index in [2.05, 4.69) is 12.1 Å². The molecule has 0 saturated carbocycles. The number of fused-ring (bicyclic) bond motifs is 1. The molecule has 0 bridgehead atoms. The van der Waals surface area contributed by atoms with Gasteiger partial charge in [-0.15, -0.1) is 0 Å². The molecule has 0 unspecified atom stereocenters. The van der Waals surface area contributed by atoms with E-state index in [0.717, 1.165) is 28.4 Å². The zero-order valence-corrected chi connectivity index (χ0v) is 8.90. The van der Waals surface area contributed by atoms with Gasteiger partial charge < -0.3 is 4.90 Å². The molecule has 15 heavy (non-hydrogen) atoms. The van der Waals surface area contributed by atoms with Gasteiger partial charge in [0.1, 0.15) is 0 Å². The lowest BCUT2D eigenvalue weighted by molar-refractivity contribution is -0.107. The van der Waals surface area contributed by atoms with Crippen molar-refractivity contribution in [3.8, 4) is 0 Å². The Morgan fingerprint density at radius 2 is 1.87 bits per heavy atom. The first kappa shape index (κ1) is 9.71. The van der Waals surface area contributed by atoms with E-state index in [-0.39, 0.29) is 0 Å². The Morgan fingerprint density at radius 3 is 2.60 bits per heavy atom. The molecule has 2 rings (SSSR count). The van der Waals surface area contributed by atoms with Gasteiger partial charge in [-0.05, 0) is 17.9 Å². The largest absolute Gasteiger partial charge is 0.317 e. The monoisotopic (exact) mass is 199 g/mol. The predicted octanol–water partition coefficient (Wildman–Crippen LogP) is 2.74. The number of nitrogens with zero attached hydrogens (tertiary/aromatic N) is 1. The highest BCUT2D eigenvalue weighted by Gasteiger charge is 2.07. The highest BCUT2D eigenvalue weighted by atomic mass is 16.1. The van der Waals surface area contributed by atoms with Gasteiger partial charge in [0.05, 0.1) is 5.69 Å². The number of anilines is 1. The van der Waals surface area contributed by atoms with Gasteiger partial charge in [-0.3, -0.25) is 4.79 Å². The first-order chi connectivity index (χ1) is 7.24. The van der Waals surface area contributed by atoms with Crippen molar-refractivity contribution in [2.24, 2.45) is 0 Å². The average molecular weight is 199 g/mol. The van der Waals surface area contributed by atoms with E-state index in [1.165, 1.54) is 0 Å². The molecule has 0 fully saturated rings. The molecule has 0 atom stereocenters. The van der Waals surface area contributed by atoms with Gasteiger partial charge >= 0.3 is 0 Å². The van der Waals surface area contributed by atoms with Crippen molar-refractivity contribution < 1.29 is 4.79 Å². The first-order valence-electron chi connectivity index (χ1n) is 4.90. The van der Waals surface area contributed by atoms with Crippen LogP contribution < -0.4 is 4.90 Å². The third kappa shape index (κ3) is 1.59. The van der Waals surface area contributed by atoms with Crippen molar-refractivity contribution in [3.63, 3.8) is 0 Å². The van der Waals surface area contributed by atoms with Crippen LogP contribution >= 0.6 is 0 Å². The maximum absolute atomic E-state index is 10.8. The van der Waals surface area contributed by atoms with Crippen LogP contribution in [0.1, 0.15) is 5.56 Å². The molecule has 0 N–H and O–H groups in total. The van der Waals surface area contributed by atoms with E-state index in [1.54, 1.807) is 11.9 Å². The molecule has 76 valence electrons. The Morgan fingerprint density at radius 1 is 1.13 bits per heavy atom. The topological polar surface area (TPSA) is 20.3 Å². The number of amides is 1. The van der Waals surface area contributed by atoms with Crippen LogP contribution in [0.5, 0.6) is 0 Å². The molecule has 0 aliphatic carbocycles. The highest BCUT2D eigenvalue weighted by Crippen LogP contribution is 2.28. The number of hydrogen-bond acceptors (Lipinski definition) is 1. The average Bonchev–Trinajstić information content (AvgIpc) is 2.28. The van der Waals surface area contributed by atoms with Crippen LogP contribution in [-0.4, -0.2) is 13.5 Å². The Bertz CT molecular complexity index is 505. The van der Waals surface area contributed by atoms with Gasteiger partial charge in [0.25, 0.3) is 0 Å². The molecule has 0 spiro atoms. The van der Waals surface area contributed by atoms with Crippen LogP contribution in [0.15, 0.2) is 36.4 Å². The molecule has 0 saturated heterocycles. The van der Waals surface area contributed by atoms with Crippen molar-refractivity contribution in [2.75, 3.05) is 11.9 Å². The number of carbonyl (C=O) groups is 1. The molecule has 0 aliphatic heterocycles. The Balaban J connectivity index is 2.79. The Hall–Kier alpha value is -1.83. The van der Waals surface area contributed by atoms with Crippen molar-refractivity contribution in [3.05, 3.63) is 42.0 Å². The lowest BCUT2D eigenvalue weighted by Crippen LogP contribution is -2.15. The van der Waals surface area contributed by atoms with Crippen molar-refractivity contribution in [1.29, 1.82) is 0 Å². The maximum atomic E-state index is 10.8. The maximum Gasteiger partial charge on any atom is 0.213 e. The predicted molar refractivity (Wildman–Crippen MR) is 63.2 cm³/mol. The Labute approximate surface area is 89.1 Å². The lowest BCUT2D eigenvalue weighted by Gasteiger charge is -2.16. The number of carbonyl (C=O) groups excluding carboxylic acids is 1. The molecule has 0 aromatic heterocycles. The van der Waals surface area contributed by atoms with Crippen molar-refractivity contribution in [2.45, 2.75) is 6.92 Å². The van der Waals surface area contributed by atoms with E-state index < -0.39 is 0 Å². The molecule has 2 aromatic carbocycles. The summed E-state index contributed by atoms with van der Waals surface area (Å²) in [5, 5.41) is 2.28. The minimum Gasteiger partial charge on any atom is -0.317 e. The number of benzene rings is 2. The minimum absolute atomic E-state index is 0.842. The Kier molecular flexibility index (Phi) is 2.42. The zero-order chi connectivity index (χ0) is 10.8. The van der Waals surface area contributed by atoms with Crippen LogP contribution in [0.25, 0.3) is 10.8 Å². The van der Waals surface area contributed by atoms with E-state index >= 15 is 0 Å². The molecule has 0 radical (unpaired) electrons. The molecule has 0 aliphatic rings. The SMILES string of the molecule is Cc1ccc2ccccc2c1N(C)C=O. The van der Waals surface area contributed by atoms with Crippen LogP contribution in [-0.2, 0) is 4.79 Å². The summed E-state index contributed by atoms with van der Waals surface area (Å²) in [5.74, 6) is 0. The van der Waals surface area contributed by atoms with E-state index in [4.69, 9.17) is 0 Å². The van der Waals surface area contributed by atoms with Crippen LogP contribution in [0, 0.1) is 6.92 Å². The van der Waals surface area contributed by atoms with Crippen molar-refractivity contribution in [1.82, 2.24) is 0 Å². The molecular formula is C13H13NO. The second kappa shape index (κ2) is 3.73. The third-order valence-corrected chi connectivity index (χ3v) is 2.61. The summed E-state index contributed by atoms with van der Waals surface area (Å²) < 4.78 is 0. The van der Waals surface area contributed by atoms with Gasteiger partial charge in [0, 0.05) is 12.4 Å². The van der Waals surface area contributed by atoms with Gasteiger partial charge in [0.2, 0.25) is 6.41 Å². The number of hydrogen-bond donors (Lipinski definition) is 0. The molecule has 0 heterocycles. The first-order valence-corrected chi connectivity index (χ1v) is 4.90. The van der Waals surface area contributed by atoms with E-state index in [9.17, 15) is 4.79 Å². The quantitative estimate of drug-likeness (QED) is 0.681. The zero-order valence-electron chi connectivity index (χ0n) is 8.90.